The van der Waals surface area contributed by atoms with E-state index in [1.54, 1.807) is 41.1 Å². The number of hydrogen-bond donors (Lipinski definition) is 0. The summed E-state index contributed by atoms with van der Waals surface area (Å²) in [4.78, 5) is 13.1. The molecule has 0 N–H and O–H groups in total. The molecule has 0 aliphatic rings. The summed E-state index contributed by atoms with van der Waals surface area (Å²) in [6, 6.07) is 21.5. The molecule has 0 radical (unpaired) electrons. The second-order valence-corrected chi connectivity index (χ2v) is 7.97. The Morgan fingerprint density at radius 3 is 2.26 bits per heavy atom. The lowest BCUT2D eigenvalue weighted by atomic mass is 9.75. The molecule has 0 aliphatic heterocycles. The van der Waals surface area contributed by atoms with Crippen LogP contribution in [0.5, 0.6) is 0 Å². The van der Waals surface area contributed by atoms with Gasteiger partial charge in [-0.2, -0.15) is 24.5 Å². The van der Waals surface area contributed by atoms with Gasteiger partial charge in [-0.15, -0.1) is 0 Å². The van der Waals surface area contributed by atoms with Crippen LogP contribution in [0.25, 0.3) is 10.8 Å². The van der Waals surface area contributed by atoms with Crippen molar-refractivity contribution in [3.8, 4) is 11.8 Å². The molecular formula is C26H17F3OS. The molecule has 0 bridgehead atoms. The largest absolute Gasteiger partial charge is 0.409 e. The maximum Gasteiger partial charge on any atom is 0.409 e. The van der Waals surface area contributed by atoms with Crippen LogP contribution in [0.4, 0.5) is 13.2 Å². The van der Waals surface area contributed by atoms with E-state index < -0.39 is 23.8 Å². The zero-order valence-corrected chi connectivity index (χ0v) is 17.1. The first-order valence-electron chi connectivity index (χ1n) is 9.59. The van der Waals surface area contributed by atoms with Crippen LogP contribution in [0.1, 0.15) is 27.9 Å². The van der Waals surface area contributed by atoms with E-state index >= 15 is 0 Å². The van der Waals surface area contributed by atoms with E-state index in [0.29, 0.717) is 5.56 Å². The van der Waals surface area contributed by atoms with Gasteiger partial charge < -0.3 is 0 Å². The number of benzene rings is 3. The Kier molecular flexibility index (Phi) is 5.67. The van der Waals surface area contributed by atoms with Gasteiger partial charge in [-0.1, -0.05) is 78.6 Å². The fourth-order valence-corrected chi connectivity index (χ4v) is 4.08. The smallest absolute Gasteiger partial charge is 0.294 e. The molecule has 4 rings (SSSR count). The van der Waals surface area contributed by atoms with Crippen LogP contribution in [-0.2, 0) is 5.41 Å². The molecule has 3 aromatic carbocycles. The number of hydrogen-bond acceptors (Lipinski definition) is 2. The molecule has 1 aromatic heterocycles. The van der Waals surface area contributed by atoms with E-state index in [2.05, 4.69) is 11.8 Å². The molecule has 1 nitrogen and oxygen atoms in total. The van der Waals surface area contributed by atoms with Crippen molar-refractivity contribution in [1.82, 2.24) is 0 Å². The summed E-state index contributed by atoms with van der Waals surface area (Å²) in [7, 11) is 0. The molecule has 0 saturated carbocycles. The number of fused-ring (bicyclic) bond motifs is 1. The van der Waals surface area contributed by atoms with Crippen molar-refractivity contribution in [2.24, 2.45) is 0 Å². The number of halogens is 3. The summed E-state index contributed by atoms with van der Waals surface area (Å²) in [5.41, 5.74) is -1.92. The molecule has 31 heavy (non-hydrogen) atoms. The summed E-state index contributed by atoms with van der Waals surface area (Å²) in [5.74, 6) is 4.48. The molecule has 0 spiro atoms. The minimum absolute atomic E-state index is 0.0423. The number of ketones is 1. The Morgan fingerprint density at radius 2 is 1.58 bits per heavy atom. The second kappa shape index (κ2) is 8.41. The molecule has 0 unspecified atom stereocenters. The molecule has 154 valence electrons. The minimum Gasteiger partial charge on any atom is -0.294 e. The van der Waals surface area contributed by atoms with E-state index in [9.17, 15) is 18.0 Å². The van der Waals surface area contributed by atoms with Gasteiger partial charge in [0, 0.05) is 22.9 Å². The highest BCUT2D eigenvalue weighted by Gasteiger charge is 2.56. The summed E-state index contributed by atoms with van der Waals surface area (Å²) in [6.07, 6.45) is -5.54. The predicted molar refractivity (Wildman–Crippen MR) is 118 cm³/mol. The number of carbonyl (C=O) groups excluding carboxylic acids is 1. The lowest BCUT2D eigenvalue weighted by Gasteiger charge is -2.31. The number of Topliss-reactive ketones (excluding diaryl/α,β-unsaturated/α-hetero) is 1. The monoisotopic (exact) mass is 434 g/mol. The summed E-state index contributed by atoms with van der Waals surface area (Å²) >= 11 is 1.35. The van der Waals surface area contributed by atoms with Crippen LogP contribution in [-0.4, -0.2) is 12.0 Å². The molecule has 0 amide bonds. The molecule has 1 atom stereocenters. The van der Waals surface area contributed by atoms with Gasteiger partial charge in [0.15, 0.2) is 11.2 Å². The van der Waals surface area contributed by atoms with Gasteiger partial charge in [-0.3, -0.25) is 4.79 Å². The average Bonchev–Trinajstić information content (AvgIpc) is 3.29. The zero-order chi connectivity index (χ0) is 21.9. The van der Waals surface area contributed by atoms with Crippen LogP contribution in [0.3, 0.4) is 0 Å². The average molecular weight is 434 g/mol. The quantitative estimate of drug-likeness (QED) is 0.249. The highest BCUT2D eigenvalue weighted by Crippen LogP contribution is 2.44. The molecule has 0 aliphatic carbocycles. The van der Waals surface area contributed by atoms with Gasteiger partial charge in [0.25, 0.3) is 0 Å². The van der Waals surface area contributed by atoms with Gasteiger partial charge in [-0.25, -0.2) is 0 Å². The van der Waals surface area contributed by atoms with Gasteiger partial charge in [0.05, 0.1) is 0 Å². The maximum absolute atomic E-state index is 14.6. The van der Waals surface area contributed by atoms with E-state index in [0.717, 1.165) is 10.8 Å². The number of alkyl halides is 3. The minimum atomic E-state index is -4.75. The van der Waals surface area contributed by atoms with Crippen molar-refractivity contribution in [2.45, 2.75) is 18.0 Å². The van der Waals surface area contributed by atoms with Gasteiger partial charge in [-0.05, 0) is 33.8 Å². The van der Waals surface area contributed by atoms with Crippen molar-refractivity contribution >= 4 is 27.9 Å². The van der Waals surface area contributed by atoms with Crippen molar-refractivity contribution in [3.05, 3.63) is 106 Å². The highest BCUT2D eigenvalue weighted by molar-refractivity contribution is 7.08. The third-order valence-electron chi connectivity index (χ3n) is 5.19. The summed E-state index contributed by atoms with van der Waals surface area (Å²) in [5, 5.41) is 5.16. The lowest BCUT2D eigenvalue weighted by Crippen LogP contribution is -2.43. The Hall–Kier alpha value is -3.36. The first-order valence-corrected chi connectivity index (χ1v) is 10.5. The van der Waals surface area contributed by atoms with Gasteiger partial charge >= 0.3 is 6.18 Å². The molecule has 4 aromatic rings. The van der Waals surface area contributed by atoms with Crippen molar-refractivity contribution in [2.75, 3.05) is 0 Å². The van der Waals surface area contributed by atoms with Crippen molar-refractivity contribution < 1.29 is 18.0 Å². The van der Waals surface area contributed by atoms with Gasteiger partial charge in [0.2, 0.25) is 0 Å². The first kappa shape index (κ1) is 20.9. The van der Waals surface area contributed by atoms with Crippen molar-refractivity contribution in [3.63, 3.8) is 0 Å². The number of rotatable bonds is 4. The predicted octanol–water partition coefficient (Wildman–Crippen LogP) is 7.03. The lowest BCUT2D eigenvalue weighted by molar-refractivity contribution is -0.172. The molecule has 0 fully saturated rings. The van der Waals surface area contributed by atoms with Gasteiger partial charge in [0.1, 0.15) is 0 Å². The summed E-state index contributed by atoms with van der Waals surface area (Å²) in [6.45, 7) is 0. The van der Waals surface area contributed by atoms with Crippen LogP contribution >= 0.6 is 11.3 Å². The fourth-order valence-electron chi connectivity index (χ4n) is 3.50. The topological polar surface area (TPSA) is 17.1 Å². The standard InChI is InChI=1S/C26H17F3OS/c27-26(28,29)25(23-8-2-1-3-9-23,14-12-19-13-15-31-18-19)17-24(30)22-11-10-20-6-4-5-7-21(20)16-22/h1-11,13,15-16,18H,17H2/t25-/m1/s1. The second-order valence-electron chi connectivity index (χ2n) is 7.19. The van der Waals surface area contributed by atoms with E-state index in [1.807, 2.05) is 24.3 Å². The van der Waals surface area contributed by atoms with E-state index in [1.165, 1.54) is 35.6 Å². The Morgan fingerprint density at radius 1 is 0.871 bits per heavy atom. The zero-order valence-electron chi connectivity index (χ0n) is 16.3. The highest BCUT2D eigenvalue weighted by atomic mass is 32.1. The van der Waals surface area contributed by atoms with Crippen LogP contribution in [0, 0.1) is 11.8 Å². The number of carbonyl (C=O) groups is 1. The van der Waals surface area contributed by atoms with Crippen LogP contribution < -0.4 is 0 Å². The SMILES string of the molecule is O=C(C[C@](C#Cc1ccsc1)(c1ccccc1)C(F)(F)F)c1ccc2ccccc2c1. The van der Waals surface area contributed by atoms with E-state index in [4.69, 9.17) is 0 Å². The Labute approximate surface area is 182 Å². The third kappa shape index (κ3) is 4.26. The number of thiophene rings is 1. The molecular weight excluding hydrogens is 417 g/mol. The normalized spacial score (nSPS) is 13.3. The van der Waals surface area contributed by atoms with Crippen molar-refractivity contribution in [1.29, 1.82) is 0 Å². The Balaban J connectivity index is 1.82. The fraction of sp³-hybridized carbons (Fsp3) is 0.115. The van der Waals surface area contributed by atoms with Crippen LogP contribution in [0.15, 0.2) is 89.6 Å². The Bertz CT molecular complexity index is 1260. The maximum atomic E-state index is 14.6. The molecule has 5 heteroatoms. The summed E-state index contributed by atoms with van der Waals surface area (Å²) < 4.78 is 43.7. The molecule has 1 heterocycles. The third-order valence-corrected chi connectivity index (χ3v) is 5.87. The van der Waals surface area contributed by atoms with E-state index in [-0.39, 0.29) is 11.1 Å². The molecule has 0 saturated heterocycles. The first-order chi connectivity index (χ1) is 14.9. The van der Waals surface area contributed by atoms with Crippen LogP contribution in [0.2, 0.25) is 0 Å².